The fourth-order valence-electron chi connectivity index (χ4n) is 4.57. The molecule has 2 fully saturated rings. The molecule has 0 bridgehead atoms. The van der Waals surface area contributed by atoms with Crippen LogP contribution in [0.25, 0.3) is 0 Å². The van der Waals surface area contributed by atoms with Gasteiger partial charge >= 0.3 is 12.1 Å². The number of carbonyl (C=O) groups is 4. The van der Waals surface area contributed by atoms with Gasteiger partial charge in [0.25, 0.3) is 16.0 Å². The van der Waals surface area contributed by atoms with Crippen molar-refractivity contribution in [2.45, 2.75) is 63.0 Å². The minimum atomic E-state index is -3.82. The molecule has 1 saturated carbocycles. The van der Waals surface area contributed by atoms with Gasteiger partial charge in [-0.05, 0) is 31.9 Å². The van der Waals surface area contributed by atoms with E-state index in [9.17, 15) is 27.6 Å². The van der Waals surface area contributed by atoms with Gasteiger partial charge < -0.3 is 24.9 Å². The van der Waals surface area contributed by atoms with E-state index in [-0.39, 0.29) is 23.7 Å². The second kappa shape index (κ2) is 14.3. The summed E-state index contributed by atoms with van der Waals surface area (Å²) in [6.45, 7) is 4.66. The van der Waals surface area contributed by atoms with Crippen LogP contribution in [0.3, 0.4) is 0 Å². The fourth-order valence-corrected chi connectivity index (χ4v) is 5.64. The molecular weight excluding hydrogens is 679 g/mol. The zero-order chi connectivity index (χ0) is 35.4. The molecule has 0 unspecified atom stereocenters. The first kappa shape index (κ1) is 35.4. The Kier molecular flexibility index (Phi) is 10.4. The maximum Gasteiger partial charge on any atom is 0.413 e. The first-order valence-corrected chi connectivity index (χ1v) is 17.8. The maximum absolute atomic E-state index is 13.6. The second-order valence-corrected chi connectivity index (χ2v) is 14.9. The number of nitrogens with zero attached hydrogens (tertiary/aromatic N) is 2. The molecule has 17 heteroatoms. The fraction of sp³-hybridized carbons (Fsp3) is 0.375. The van der Waals surface area contributed by atoms with Crippen molar-refractivity contribution in [3.8, 4) is 0 Å². The topological polar surface area (TPSA) is 201 Å². The van der Waals surface area contributed by atoms with E-state index >= 15 is 0 Å². The summed E-state index contributed by atoms with van der Waals surface area (Å²) in [4.78, 5) is 61.8. The van der Waals surface area contributed by atoms with E-state index in [4.69, 9.17) is 18.5 Å². The van der Waals surface area contributed by atoms with Crippen LogP contribution in [0.15, 0.2) is 71.2 Å². The van der Waals surface area contributed by atoms with E-state index in [1.54, 1.807) is 20.8 Å². The normalized spacial score (nSPS) is 18.5. The van der Waals surface area contributed by atoms with Crippen molar-refractivity contribution in [3.05, 3.63) is 82.9 Å². The third-order valence-electron chi connectivity index (χ3n) is 7.15. The molecule has 1 aromatic heterocycles. The van der Waals surface area contributed by atoms with Gasteiger partial charge in [0.1, 0.15) is 17.3 Å². The molecule has 5 rings (SSSR count). The minimum absolute atomic E-state index is 0.0483. The lowest BCUT2D eigenvalue weighted by Crippen LogP contribution is -2.71. The van der Waals surface area contributed by atoms with Crippen LogP contribution in [-0.2, 0) is 43.0 Å². The van der Waals surface area contributed by atoms with Crippen LogP contribution in [0.1, 0.15) is 56.5 Å². The maximum atomic E-state index is 13.6. The lowest BCUT2D eigenvalue weighted by atomic mass is 9.99. The molecule has 0 radical (unpaired) electrons. The Hall–Kier alpha value is -4.87. The van der Waals surface area contributed by atoms with Gasteiger partial charge in [0.05, 0.1) is 18.9 Å². The highest BCUT2D eigenvalue weighted by Crippen LogP contribution is 2.43. The molecule has 1 saturated heterocycles. The van der Waals surface area contributed by atoms with E-state index < -0.39 is 75.7 Å². The number of esters is 1. The zero-order valence-electron chi connectivity index (χ0n) is 27.0. The number of rotatable bonds is 13. The van der Waals surface area contributed by atoms with E-state index in [2.05, 4.69) is 26.1 Å². The average molecular weight is 714 g/mol. The Balaban J connectivity index is 1.37. The Labute approximate surface area is 286 Å². The number of ether oxygens (including phenoxy) is 2. The number of thiazole rings is 1. The molecule has 1 aliphatic heterocycles. The summed E-state index contributed by atoms with van der Waals surface area (Å²) in [7, 11) is -3.82. The van der Waals surface area contributed by atoms with Crippen molar-refractivity contribution in [2.75, 3.05) is 18.2 Å². The molecular formula is C32H35N5O10S2. The van der Waals surface area contributed by atoms with Crippen LogP contribution in [-0.4, -0.2) is 79.1 Å². The summed E-state index contributed by atoms with van der Waals surface area (Å²) in [6.07, 6.45) is -0.170. The van der Waals surface area contributed by atoms with E-state index in [1.807, 2.05) is 60.7 Å². The molecule has 2 aromatic carbocycles. The molecule has 3 N–H and O–H groups in total. The monoisotopic (exact) mass is 713 g/mol. The third-order valence-corrected chi connectivity index (χ3v) is 8.47. The van der Waals surface area contributed by atoms with E-state index in [0.717, 1.165) is 28.7 Å². The van der Waals surface area contributed by atoms with E-state index in [1.165, 1.54) is 5.38 Å². The molecule has 260 valence electrons. The van der Waals surface area contributed by atoms with Gasteiger partial charge in [0, 0.05) is 18.2 Å². The van der Waals surface area contributed by atoms with Crippen LogP contribution in [0.4, 0.5) is 9.93 Å². The number of benzene rings is 2. The lowest BCUT2D eigenvalue weighted by molar-refractivity contribution is -0.164. The van der Waals surface area contributed by atoms with Crippen molar-refractivity contribution in [1.82, 2.24) is 15.6 Å². The van der Waals surface area contributed by atoms with Crippen molar-refractivity contribution in [3.63, 3.8) is 0 Å². The smallest absolute Gasteiger partial charge is 0.413 e. The van der Waals surface area contributed by atoms with Crippen LogP contribution in [0, 0.1) is 0 Å². The summed E-state index contributed by atoms with van der Waals surface area (Å²) in [6, 6.07) is 16.3. The third kappa shape index (κ3) is 9.39. The molecule has 49 heavy (non-hydrogen) atoms. The van der Waals surface area contributed by atoms with Gasteiger partial charge in [-0.1, -0.05) is 65.8 Å². The Bertz CT molecular complexity index is 1800. The second-order valence-electron chi connectivity index (χ2n) is 12.4. The van der Waals surface area contributed by atoms with Crippen molar-refractivity contribution in [2.24, 2.45) is 5.16 Å². The van der Waals surface area contributed by atoms with Crippen molar-refractivity contribution in [1.29, 1.82) is 0 Å². The van der Waals surface area contributed by atoms with Gasteiger partial charge in [0.2, 0.25) is 11.5 Å². The molecule has 2 aliphatic rings. The molecule has 3 aromatic rings. The van der Waals surface area contributed by atoms with Gasteiger partial charge in [-0.15, -0.1) is 11.3 Å². The van der Waals surface area contributed by atoms with E-state index in [0.29, 0.717) is 0 Å². The molecule has 2 heterocycles. The number of β-lactam (4-membered cyclic amide) rings is 1. The number of hydrogen-bond acceptors (Lipinski definition) is 13. The summed E-state index contributed by atoms with van der Waals surface area (Å²) in [5.41, 5.74) is -1.27. The number of oxime groups is 1. The summed E-state index contributed by atoms with van der Waals surface area (Å²) >= 11 is 0.962. The van der Waals surface area contributed by atoms with Gasteiger partial charge in [0.15, 0.2) is 16.9 Å². The first-order valence-electron chi connectivity index (χ1n) is 15.1. The van der Waals surface area contributed by atoms with Gasteiger partial charge in [-0.25, -0.2) is 14.6 Å². The minimum Gasteiger partial charge on any atom is -0.450 e. The standard InChI is InChI=1S/C32H35N5O10S2/c1-31(2,3)46-30(41)36-29-34-22(18-48-29)24(27(39)35-23-21(33-26(23)38)17-44-49(4,42)43)37-47-32(15-16-32)28(40)45-25(19-11-7-5-8-12-19)20-13-9-6-10-14-20/h5-14,18,21,23,25H,15-17H2,1-4H3,(H,33,38)(H,35,39)(H,34,36,41)/b37-24+/t21-,23+/m1/s1. The van der Waals surface area contributed by atoms with Gasteiger partial charge in [-0.2, -0.15) is 8.42 Å². The molecule has 3 amide bonds. The van der Waals surface area contributed by atoms with Crippen LogP contribution in [0.2, 0.25) is 0 Å². The van der Waals surface area contributed by atoms with Crippen LogP contribution < -0.4 is 16.0 Å². The van der Waals surface area contributed by atoms with Crippen LogP contribution in [0.5, 0.6) is 0 Å². The first-order chi connectivity index (χ1) is 23.1. The number of carbonyl (C=O) groups excluding carboxylic acids is 4. The summed E-state index contributed by atoms with van der Waals surface area (Å²) < 4.78 is 38.9. The highest BCUT2D eigenvalue weighted by molar-refractivity contribution is 7.85. The number of aromatic nitrogens is 1. The van der Waals surface area contributed by atoms with Crippen LogP contribution >= 0.6 is 11.3 Å². The molecule has 2 atom stereocenters. The molecule has 0 spiro atoms. The van der Waals surface area contributed by atoms with Crippen molar-refractivity contribution < 1.29 is 46.1 Å². The largest absolute Gasteiger partial charge is 0.450 e. The Morgan fingerprint density at radius 1 is 1.06 bits per heavy atom. The quantitative estimate of drug-likeness (QED) is 0.0773. The molecule has 1 aliphatic carbocycles. The number of nitrogens with one attached hydrogen (secondary N) is 3. The number of hydrogen-bond donors (Lipinski definition) is 3. The lowest BCUT2D eigenvalue weighted by Gasteiger charge is -2.36. The Morgan fingerprint density at radius 3 is 2.20 bits per heavy atom. The summed E-state index contributed by atoms with van der Waals surface area (Å²) in [5.74, 6) is -2.21. The zero-order valence-corrected chi connectivity index (χ0v) is 28.6. The number of anilines is 1. The predicted octanol–water partition coefficient (Wildman–Crippen LogP) is 3.04. The van der Waals surface area contributed by atoms with Crippen molar-refractivity contribution >= 4 is 56.2 Å². The highest BCUT2D eigenvalue weighted by Gasteiger charge is 2.56. The SMILES string of the molecule is CC(C)(C)OC(=O)Nc1nc(/C(=N\OC2(C(=O)OC(c3ccccc3)c3ccccc3)CC2)C(=O)N[C@@H]2C(=O)N[C@@H]2COS(C)(=O)=O)cs1. The highest BCUT2D eigenvalue weighted by atomic mass is 32.2. The Morgan fingerprint density at radius 2 is 1.67 bits per heavy atom. The number of amides is 3. The average Bonchev–Trinajstić information content (AvgIpc) is 3.70. The van der Waals surface area contributed by atoms with Gasteiger partial charge in [-0.3, -0.25) is 19.1 Å². The summed E-state index contributed by atoms with van der Waals surface area (Å²) in [5, 5.41) is 13.0. The molecule has 15 nitrogen and oxygen atoms in total. The predicted molar refractivity (Wildman–Crippen MR) is 177 cm³/mol.